The molecule has 1 N–H and O–H groups in total. The van der Waals surface area contributed by atoms with Crippen molar-refractivity contribution in [3.05, 3.63) is 18.5 Å². The lowest BCUT2D eigenvalue weighted by molar-refractivity contribution is -0.0174. The normalized spacial score (nSPS) is 11.9. The Morgan fingerprint density at radius 3 is 2.85 bits per heavy atom. The fourth-order valence-corrected chi connectivity index (χ4v) is 0.995. The van der Waals surface area contributed by atoms with Crippen LogP contribution in [0.2, 0.25) is 0 Å². The molecule has 1 aromatic heterocycles. The Bertz CT molecular complexity index is 234. The number of halogens is 2. The van der Waals surface area contributed by atoms with Crippen LogP contribution < -0.4 is 5.32 Å². The van der Waals surface area contributed by atoms with Gasteiger partial charge in [-0.05, 0) is 12.6 Å². The fourth-order valence-electron chi connectivity index (χ4n) is 0.995. The maximum absolute atomic E-state index is 13.1. The van der Waals surface area contributed by atoms with Crippen molar-refractivity contribution >= 4 is 0 Å². The number of nitrogens with one attached hydrogen (secondary N) is 1. The molecule has 1 aromatic rings. The van der Waals surface area contributed by atoms with Gasteiger partial charge in [0.25, 0.3) is 5.92 Å². The van der Waals surface area contributed by atoms with Crippen LogP contribution in [0.15, 0.2) is 18.5 Å². The minimum atomic E-state index is -2.73. The molecule has 0 aliphatic carbocycles. The molecule has 0 saturated carbocycles. The van der Waals surface area contributed by atoms with Gasteiger partial charge in [-0.15, -0.1) is 0 Å². The lowest BCUT2D eigenvalue weighted by Crippen LogP contribution is -2.36. The summed E-state index contributed by atoms with van der Waals surface area (Å²) >= 11 is 0. The molecule has 1 rings (SSSR count). The second-order valence-electron chi connectivity index (χ2n) is 2.84. The summed E-state index contributed by atoms with van der Waals surface area (Å²) in [5, 5.41) is 6.33. The van der Waals surface area contributed by atoms with Gasteiger partial charge in [-0.25, -0.2) is 8.78 Å². The molecule has 0 aromatic carbocycles. The van der Waals surface area contributed by atoms with Gasteiger partial charge < -0.3 is 5.32 Å². The Morgan fingerprint density at radius 2 is 2.31 bits per heavy atom. The van der Waals surface area contributed by atoms with E-state index >= 15 is 0 Å². The fraction of sp³-hybridized carbons (Fsp3) is 0.625. The van der Waals surface area contributed by atoms with Crippen LogP contribution in [0, 0.1) is 0 Å². The first-order valence-corrected chi connectivity index (χ1v) is 4.20. The molecule has 0 atom stereocenters. The highest BCUT2D eigenvalue weighted by Gasteiger charge is 2.28. The van der Waals surface area contributed by atoms with Crippen molar-refractivity contribution in [2.45, 2.75) is 19.4 Å². The second-order valence-corrected chi connectivity index (χ2v) is 2.84. The van der Waals surface area contributed by atoms with E-state index in [1.54, 1.807) is 13.0 Å². The zero-order valence-corrected chi connectivity index (χ0v) is 7.50. The van der Waals surface area contributed by atoms with E-state index in [0.29, 0.717) is 6.54 Å². The molecule has 0 aliphatic heterocycles. The van der Waals surface area contributed by atoms with Gasteiger partial charge in [0, 0.05) is 12.4 Å². The number of hydrogen-bond acceptors (Lipinski definition) is 2. The molecule has 1 heterocycles. The Kier molecular flexibility index (Phi) is 3.36. The molecule has 0 radical (unpaired) electrons. The summed E-state index contributed by atoms with van der Waals surface area (Å²) in [6, 6.07) is 1.63. The molecule has 0 fully saturated rings. The van der Waals surface area contributed by atoms with Crippen LogP contribution in [-0.4, -0.2) is 28.8 Å². The van der Waals surface area contributed by atoms with Crippen molar-refractivity contribution < 1.29 is 8.78 Å². The van der Waals surface area contributed by atoms with Crippen molar-refractivity contribution in [3.8, 4) is 0 Å². The monoisotopic (exact) mass is 189 g/mol. The maximum atomic E-state index is 13.1. The molecule has 13 heavy (non-hydrogen) atoms. The molecule has 0 amide bonds. The van der Waals surface area contributed by atoms with Gasteiger partial charge in [0.05, 0.1) is 6.54 Å². The molecule has 0 bridgehead atoms. The second kappa shape index (κ2) is 4.32. The van der Waals surface area contributed by atoms with E-state index < -0.39 is 5.92 Å². The summed E-state index contributed by atoms with van der Waals surface area (Å²) in [6.45, 7) is 1.68. The average Bonchev–Trinajstić information content (AvgIpc) is 2.52. The van der Waals surface area contributed by atoms with Gasteiger partial charge in [-0.3, -0.25) is 4.68 Å². The summed E-state index contributed by atoms with van der Waals surface area (Å²) in [5.74, 6) is -2.73. The summed E-state index contributed by atoms with van der Waals surface area (Å²) in [4.78, 5) is 0. The smallest absolute Gasteiger partial charge is 0.279 e. The minimum absolute atomic E-state index is 0.302. The topological polar surface area (TPSA) is 29.9 Å². The van der Waals surface area contributed by atoms with Crippen LogP contribution in [-0.2, 0) is 6.54 Å². The van der Waals surface area contributed by atoms with Crippen LogP contribution in [0.25, 0.3) is 0 Å². The van der Waals surface area contributed by atoms with Gasteiger partial charge in [-0.2, -0.15) is 5.10 Å². The Hall–Kier alpha value is -0.970. The van der Waals surface area contributed by atoms with Crippen molar-refractivity contribution in [2.24, 2.45) is 0 Å². The number of nitrogens with zero attached hydrogens (tertiary/aromatic N) is 2. The van der Waals surface area contributed by atoms with Crippen molar-refractivity contribution in [1.29, 1.82) is 0 Å². The lowest BCUT2D eigenvalue weighted by atomic mass is 10.3. The van der Waals surface area contributed by atoms with Crippen LogP contribution in [0.1, 0.15) is 6.92 Å². The Morgan fingerprint density at radius 1 is 1.54 bits per heavy atom. The largest absolute Gasteiger partial charge is 0.311 e. The molecule has 5 heteroatoms. The van der Waals surface area contributed by atoms with E-state index in [9.17, 15) is 8.78 Å². The zero-order valence-electron chi connectivity index (χ0n) is 7.50. The highest BCUT2D eigenvalue weighted by Crippen LogP contribution is 2.14. The molecular formula is C8H13F2N3. The Balaban J connectivity index is 2.42. The highest BCUT2D eigenvalue weighted by molar-refractivity contribution is 4.80. The molecule has 0 saturated heterocycles. The standard InChI is InChI=1S/C8H13F2N3/c1-2-11-6-8(9,10)7-13-5-3-4-12-13/h3-5,11H,2,6-7H2,1H3. The van der Waals surface area contributed by atoms with Crippen molar-refractivity contribution in [2.75, 3.05) is 13.1 Å². The van der Waals surface area contributed by atoms with Crippen molar-refractivity contribution in [1.82, 2.24) is 15.1 Å². The molecule has 0 aliphatic rings. The third-order valence-corrected chi connectivity index (χ3v) is 1.59. The zero-order chi connectivity index (χ0) is 9.73. The molecule has 0 unspecified atom stereocenters. The Labute approximate surface area is 75.7 Å². The molecule has 0 spiro atoms. The van der Waals surface area contributed by atoms with E-state index in [1.807, 2.05) is 0 Å². The number of rotatable bonds is 5. The minimum Gasteiger partial charge on any atom is -0.311 e. The van der Waals surface area contributed by atoms with Gasteiger partial charge in [-0.1, -0.05) is 6.92 Å². The lowest BCUT2D eigenvalue weighted by Gasteiger charge is -2.16. The number of alkyl halides is 2. The summed E-state index contributed by atoms with van der Waals surface area (Å²) in [7, 11) is 0. The first kappa shape index (κ1) is 10.1. The van der Waals surface area contributed by atoms with Crippen molar-refractivity contribution in [3.63, 3.8) is 0 Å². The van der Waals surface area contributed by atoms with Gasteiger partial charge in [0.1, 0.15) is 6.54 Å². The van der Waals surface area contributed by atoms with Crippen LogP contribution in [0.5, 0.6) is 0 Å². The first-order chi connectivity index (χ1) is 6.14. The summed E-state index contributed by atoms with van der Waals surface area (Å²) in [6.07, 6.45) is 3.02. The molecule has 3 nitrogen and oxygen atoms in total. The third-order valence-electron chi connectivity index (χ3n) is 1.59. The SMILES string of the molecule is CCNCC(F)(F)Cn1cccn1. The van der Waals surface area contributed by atoms with Gasteiger partial charge >= 0.3 is 0 Å². The van der Waals surface area contributed by atoms with E-state index in [-0.39, 0.29) is 13.1 Å². The van der Waals surface area contributed by atoms with Gasteiger partial charge in [0.15, 0.2) is 0 Å². The number of hydrogen-bond donors (Lipinski definition) is 1. The third kappa shape index (κ3) is 3.50. The predicted molar refractivity (Wildman–Crippen MR) is 45.7 cm³/mol. The summed E-state index contributed by atoms with van der Waals surface area (Å²) in [5.41, 5.74) is 0. The summed E-state index contributed by atoms with van der Waals surface area (Å²) < 4.78 is 27.3. The predicted octanol–water partition coefficient (Wildman–Crippen LogP) is 1.13. The molecule has 74 valence electrons. The van der Waals surface area contributed by atoms with Crippen LogP contribution >= 0.6 is 0 Å². The maximum Gasteiger partial charge on any atom is 0.279 e. The van der Waals surface area contributed by atoms with E-state index in [2.05, 4.69) is 10.4 Å². The molecular weight excluding hydrogens is 176 g/mol. The van der Waals surface area contributed by atoms with E-state index in [4.69, 9.17) is 0 Å². The number of aromatic nitrogens is 2. The average molecular weight is 189 g/mol. The first-order valence-electron chi connectivity index (χ1n) is 4.20. The van der Waals surface area contributed by atoms with E-state index in [1.165, 1.54) is 17.1 Å². The van der Waals surface area contributed by atoms with Gasteiger partial charge in [0.2, 0.25) is 0 Å². The highest BCUT2D eigenvalue weighted by atomic mass is 19.3. The van der Waals surface area contributed by atoms with Crippen LogP contribution in [0.4, 0.5) is 8.78 Å². The van der Waals surface area contributed by atoms with Crippen LogP contribution in [0.3, 0.4) is 0 Å². The quantitative estimate of drug-likeness (QED) is 0.752. The van der Waals surface area contributed by atoms with E-state index in [0.717, 1.165) is 0 Å².